The molecule has 0 aliphatic carbocycles. The first-order valence-electron chi connectivity index (χ1n) is 8.73. The van der Waals surface area contributed by atoms with E-state index in [-0.39, 0.29) is 5.91 Å². The first kappa shape index (κ1) is 20.3. The lowest BCUT2D eigenvalue weighted by atomic mass is 10.1. The van der Waals surface area contributed by atoms with Gasteiger partial charge in [-0.05, 0) is 24.6 Å². The third kappa shape index (κ3) is 10.1. The van der Waals surface area contributed by atoms with E-state index in [1.54, 1.807) is 24.3 Å². The average molecular weight is 354 g/mol. The van der Waals surface area contributed by atoms with Gasteiger partial charge in [-0.25, -0.2) is 10.2 Å². The fourth-order valence-corrected chi connectivity index (χ4v) is 2.53. The van der Waals surface area contributed by atoms with Crippen molar-refractivity contribution < 1.29 is 9.59 Å². The Balaban J connectivity index is 2.04. The molecule has 1 aromatic rings. The van der Waals surface area contributed by atoms with E-state index in [0.717, 1.165) is 12.8 Å². The number of rotatable bonds is 10. The van der Waals surface area contributed by atoms with Crippen LogP contribution in [0.2, 0.25) is 5.02 Å². The molecule has 1 aromatic carbocycles. The van der Waals surface area contributed by atoms with Gasteiger partial charge in [0.25, 0.3) is 0 Å². The number of halogens is 1. The van der Waals surface area contributed by atoms with Crippen LogP contribution in [0.1, 0.15) is 64.7 Å². The molecule has 24 heavy (non-hydrogen) atoms. The van der Waals surface area contributed by atoms with Crippen molar-refractivity contribution in [3.63, 3.8) is 0 Å². The van der Waals surface area contributed by atoms with E-state index in [1.807, 2.05) is 0 Å². The highest BCUT2D eigenvalue weighted by Crippen LogP contribution is 2.14. The predicted molar refractivity (Wildman–Crippen MR) is 99.0 cm³/mol. The van der Waals surface area contributed by atoms with Crippen molar-refractivity contribution in [1.29, 1.82) is 0 Å². The van der Waals surface area contributed by atoms with Crippen molar-refractivity contribution in [2.45, 2.75) is 64.7 Å². The fourth-order valence-electron chi connectivity index (χ4n) is 2.34. The molecule has 3 N–H and O–H groups in total. The molecule has 0 saturated carbocycles. The van der Waals surface area contributed by atoms with Gasteiger partial charge in [-0.15, -0.1) is 0 Å². The topological polar surface area (TPSA) is 70.2 Å². The largest absolute Gasteiger partial charge is 0.337 e. The predicted octanol–water partition coefficient (Wildman–Crippen LogP) is 5.02. The Bertz CT molecular complexity index is 509. The summed E-state index contributed by atoms with van der Waals surface area (Å²) >= 11 is 5.83. The van der Waals surface area contributed by atoms with E-state index in [9.17, 15) is 9.59 Å². The number of amides is 3. The molecule has 5 nitrogen and oxygen atoms in total. The SMILES string of the molecule is CCCCCCCCCCC(=O)NNC(=O)Nc1cccc(Cl)c1. The van der Waals surface area contributed by atoms with E-state index < -0.39 is 6.03 Å². The van der Waals surface area contributed by atoms with Crippen molar-refractivity contribution in [3.8, 4) is 0 Å². The van der Waals surface area contributed by atoms with Crippen LogP contribution in [0.25, 0.3) is 0 Å². The van der Waals surface area contributed by atoms with Gasteiger partial charge in [-0.1, -0.05) is 69.5 Å². The normalized spacial score (nSPS) is 10.2. The van der Waals surface area contributed by atoms with E-state index in [1.165, 1.54) is 38.5 Å². The van der Waals surface area contributed by atoms with E-state index in [0.29, 0.717) is 17.1 Å². The van der Waals surface area contributed by atoms with Crippen molar-refractivity contribution in [1.82, 2.24) is 10.9 Å². The van der Waals surface area contributed by atoms with Crippen molar-refractivity contribution >= 4 is 29.2 Å². The van der Waals surface area contributed by atoms with Gasteiger partial charge < -0.3 is 5.32 Å². The number of urea groups is 1. The number of carbonyl (C=O) groups excluding carboxylic acids is 2. The van der Waals surface area contributed by atoms with Crippen molar-refractivity contribution in [2.75, 3.05) is 5.32 Å². The monoisotopic (exact) mass is 353 g/mol. The molecular weight excluding hydrogens is 326 g/mol. The lowest BCUT2D eigenvalue weighted by Gasteiger charge is -2.09. The molecule has 0 bridgehead atoms. The molecule has 0 spiro atoms. The van der Waals surface area contributed by atoms with Crippen molar-refractivity contribution in [3.05, 3.63) is 29.3 Å². The Morgan fingerprint density at radius 1 is 0.958 bits per heavy atom. The van der Waals surface area contributed by atoms with Crippen LogP contribution in [0.4, 0.5) is 10.5 Å². The van der Waals surface area contributed by atoms with Gasteiger partial charge >= 0.3 is 6.03 Å². The van der Waals surface area contributed by atoms with E-state index in [4.69, 9.17) is 11.6 Å². The molecule has 0 radical (unpaired) electrons. The highest BCUT2D eigenvalue weighted by molar-refractivity contribution is 6.30. The number of anilines is 1. The number of hydrogen-bond acceptors (Lipinski definition) is 2. The molecule has 0 heterocycles. The van der Waals surface area contributed by atoms with Gasteiger partial charge in [0.15, 0.2) is 0 Å². The van der Waals surface area contributed by atoms with Gasteiger partial charge in [0, 0.05) is 17.1 Å². The van der Waals surface area contributed by atoms with Crippen LogP contribution < -0.4 is 16.2 Å². The van der Waals surface area contributed by atoms with Crippen LogP contribution in [0.15, 0.2) is 24.3 Å². The highest BCUT2D eigenvalue weighted by Gasteiger charge is 2.05. The quantitative estimate of drug-likeness (QED) is 0.408. The molecule has 0 unspecified atom stereocenters. The Labute approximate surface area is 149 Å². The Kier molecular flexibility index (Phi) is 10.7. The summed E-state index contributed by atoms with van der Waals surface area (Å²) in [5.74, 6) is -0.178. The first-order chi connectivity index (χ1) is 11.6. The molecule has 0 saturated heterocycles. The first-order valence-corrected chi connectivity index (χ1v) is 9.11. The minimum Gasteiger partial charge on any atom is -0.307 e. The molecule has 1 rings (SSSR count). The summed E-state index contributed by atoms with van der Waals surface area (Å²) in [4.78, 5) is 23.3. The number of hydrogen-bond donors (Lipinski definition) is 3. The number of unbranched alkanes of at least 4 members (excludes halogenated alkanes) is 7. The zero-order valence-corrected chi connectivity index (χ0v) is 15.1. The number of benzene rings is 1. The zero-order chi connectivity index (χ0) is 17.6. The molecule has 0 aliphatic rings. The lowest BCUT2D eigenvalue weighted by molar-refractivity contribution is -0.121. The molecule has 134 valence electrons. The number of nitrogens with one attached hydrogen (secondary N) is 3. The number of hydrazine groups is 1. The Hall–Kier alpha value is -1.75. The maximum atomic E-state index is 11.7. The molecule has 0 atom stereocenters. The molecule has 0 aromatic heterocycles. The van der Waals surface area contributed by atoms with Crippen LogP contribution in [-0.2, 0) is 4.79 Å². The van der Waals surface area contributed by atoms with Crippen molar-refractivity contribution in [2.24, 2.45) is 0 Å². The fraction of sp³-hybridized carbons (Fsp3) is 0.556. The Morgan fingerprint density at radius 3 is 2.29 bits per heavy atom. The molecule has 0 aliphatic heterocycles. The summed E-state index contributed by atoms with van der Waals surface area (Å²) < 4.78 is 0. The van der Waals surface area contributed by atoms with Crippen LogP contribution in [0.5, 0.6) is 0 Å². The van der Waals surface area contributed by atoms with Crippen LogP contribution in [0, 0.1) is 0 Å². The molecular formula is C18H28ClN3O2. The second kappa shape index (κ2) is 12.6. The van der Waals surface area contributed by atoms with Crippen LogP contribution >= 0.6 is 11.6 Å². The van der Waals surface area contributed by atoms with E-state index >= 15 is 0 Å². The molecule has 3 amide bonds. The second-order valence-corrected chi connectivity index (χ2v) is 6.30. The lowest BCUT2D eigenvalue weighted by Crippen LogP contribution is -2.43. The summed E-state index contributed by atoms with van der Waals surface area (Å²) in [5.41, 5.74) is 5.30. The highest BCUT2D eigenvalue weighted by atomic mass is 35.5. The summed E-state index contributed by atoms with van der Waals surface area (Å²) in [5, 5.41) is 3.12. The molecule has 0 fully saturated rings. The maximum Gasteiger partial charge on any atom is 0.337 e. The van der Waals surface area contributed by atoms with Gasteiger partial charge in [0.2, 0.25) is 5.91 Å². The molecule has 6 heteroatoms. The summed E-state index contributed by atoms with van der Waals surface area (Å²) in [7, 11) is 0. The van der Waals surface area contributed by atoms with Gasteiger partial charge in [-0.2, -0.15) is 0 Å². The number of carbonyl (C=O) groups is 2. The zero-order valence-electron chi connectivity index (χ0n) is 14.4. The Morgan fingerprint density at radius 2 is 1.62 bits per heavy atom. The summed E-state index contributed by atoms with van der Waals surface area (Å²) in [6.45, 7) is 2.21. The summed E-state index contributed by atoms with van der Waals surface area (Å²) in [6.07, 6.45) is 9.89. The van der Waals surface area contributed by atoms with Gasteiger partial charge in [0.05, 0.1) is 0 Å². The van der Waals surface area contributed by atoms with Gasteiger partial charge in [0.1, 0.15) is 0 Å². The average Bonchev–Trinajstić information content (AvgIpc) is 2.55. The smallest absolute Gasteiger partial charge is 0.307 e. The summed E-state index contributed by atoms with van der Waals surface area (Å²) in [6, 6.07) is 6.30. The van der Waals surface area contributed by atoms with Gasteiger partial charge in [-0.3, -0.25) is 10.2 Å². The van der Waals surface area contributed by atoms with Crippen LogP contribution in [-0.4, -0.2) is 11.9 Å². The maximum absolute atomic E-state index is 11.7. The second-order valence-electron chi connectivity index (χ2n) is 5.86. The minimum absolute atomic E-state index is 0.178. The van der Waals surface area contributed by atoms with E-state index in [2.05, 4.69) is 23.1 Å². The minimum atomic E-state index is -0.499. The standard InChI is InChI=1S/C18H28ClN3O2/c1-2-3-4-5-6-7-8-9-13-17(23)21-22-18(24)20-16-12-10-11-15(19)14-16/h10-12,14H,2-9,13H2,1H3,(H,21,23)(H2,20,22,24). The van der Waals surface area contributed by atoms with Crippen LogP contribution in [0.3, 0.4) is 0 Å². The third-order valence-corrected chi connectivity index (χ3v) is 3.89. The third-order valence-electron chi connectivity index (χ3n) is 3.66.